The van der Waals surface area contributed by atoms with Gasteiger partial charge < -0.3 is 24.1 Å². The SMILES string of the molecule is COC(=O)C(Cc1ccc(OCCCO)c(OC)c1)OC. The van der Waals surface area contributed by atoms with Gasteiger partial charge in [-0.2, -0.15) is 0 Å². The Morgan fingerprint density at radius 1 is 1.24 bits per heavy atom. The topological polar surface area (TPSA) is 74.2 Å². The Hall–Kier alpha value is -1.79. The highest BCUT2D eigenvalue weighted by molar-refractivity contribution is 5.75. The second kappa shape index (κ2) is 9.20. The van der Waals surface area contributed by atoms with E-state index in [-0.39, 0.29) is 6.61 Å². The van der Waals surface area contributed by atoms with Crippen LogP contribution in [0.4, 0.5) is 0 Å². The molecular formula is C15H22O6. The molecule has 118 valence electrons. The molecule has 0 saturated carbocycles. The van der Waals surface area contributed by atoms with E-state index >= 15 is 0 Å². The Balaban J connectivity index is 2.78. The molecule has 0 aliphatic carbocycles. The Kier molecular flexibility index (Phi) is 7.56. The van der Waals surface area contributed by atoms with Crippen molar-refractivity contribution in [3.63, 3.8) is 0 Å². The van der Waals surface area contributed by atoms with Gasteiger partial charge in [-0.15, -0.1) is 0 Å². The first kappa shape index (κ1) is 17.3. The molecule has 1 N–H and O–H groups in total. The molecule has 1 aromatic rings. The van der Waals surface area contributed by atoms with Crippen molar-refractivity contribution in [2.45, 2.75) is 18.9 Å². The van der Waals surface area contributed by atoms with Gasteiger partial charge in [-0.05, 0) is 17.7 Å². The summed E-state index contributed by atoms with van der Waals surface area (Å²) in [5.74, 6) is 0.756. The van der Waals surface area contributed by atoms with E-state index in [9.17, 15) is 4.79 Å². The molecule has 0 fully saturated rings. The zero-order valence-corrected chi connectivity index (χ0v) is 12.6. The van der Waals surface area contributed by atoms with E-state index in [4.69, 9.17) is 19.3 Å². The van der Waals surface area contributed by atoms with Crippen LogP contribution < -0.4 is 9.47 Å². The molecule has 0 aliphatic heterocycles. The number of rotatable bonds is 9. The number of aliphatic hydroxyl groups excluding tert-OH is 1. The van der Waals surface area contributed by atoms with Crippen LogP contribution in [0, 0.1) is 0 Å². The lowest BCUT2D eigenvalue weighted by molar-refractivity contribution is -0.152. The number of aliphatic hydroxyl groups is 1. The highest BCUT2D eigenvalue weighted by Gasteiger charge is 2.19. The minimum absolute atomic E-state index is 0.0784. The van der Waals surface area contributed by atoms with Crippen LogP contribution in [0.5, 0.6) is 11.5 Å². The normalized spacial score (nSPS) is 11.8. The molecule has 21 heavy (non-hydrogen) atoms. The monoisotopic (exact) mass is 298 g/mol. The molecule has 6 nitrogen and oxygen atoms in total. The van der Waals surface area contributed by atoms with Gasteiger partial charge in [0.1, 0.15) is 0 Å². The van der Waals surface area contributed by atoms with Gasteiger partial charge in [0, 0.05) is 26.6 Å². The molecule has 0 heterocycles. The van der Waals surface area contributed by atoms with Gasteiger partial charge in [0.2, 0.25) is 0 Å². The van der Waals surface area contributed by atoms with E-state index in [1.807, 2.05) is 6.07 Å². The Bertz CT molecular complexity index is 446. The third-order valence-electron chi connectivity index (χ3n) is 2.96. The van der Waals surface area contributed by atoms with Gasteiger partial charge in [-0.25, -0.2) is 4.79 Å². The van der Waals surface area contributed by atoms with Crippen LogP contribution in [-0.4, -0.2) is 51.7 Å². The second-order valence-electron chi connectivity index (χ2n) is 4.36. The highest BCUT2D eigenvalue weighted by Crippen LogP contribution is 2.28. The molecule has 0 bridgehead atoms. The van der Waals surface area contributed by atoms with Crippen molar-refractivity contribution in [1.82, 2.24) is 0 Å². The first-order valence-electron chi connectivity index (χ1n) is 6.67. The summed E-state index contributed by atoms with van der Waals surface area (Å²) in [6.45, 7) is 0.490. The number of esters is 1. The van der Waals surface area contributed by atoms with Crippen molar-refractivity contribution < 1.29 is 28.8 Å². The van der Waals surface area contributed by atoms with Crippen LogP contribution >= 0.6 is 0 Å². The average Bonchev–Trinajstić information content (AvgIpc) is 2.52. The molecule has 0 amide bonds. The van der Waals surface area contributed by atoms with Gasteiger partial charge >= 0.3 is 5.97 Å². The summed E-state index contributed by atoms with van der Waals surface area (Å²) in [6, 6.07) is 5.41. The fourth-order valence-corrected chi connectivity index (χ4v) is 1.81. The van der Waals surface area contributed by atoms with E-state index in [1.54, 1.807) is 19.2 Å². The van der Waals surface area contributed by atoms with Gasteiger partial charge in [-0.3, -0.25) is 0 Å². The van der Waals surface area contributed by atoms with Crippen LogP contribution in [0.2, 0.25) is 0 Å². The Morgan fingerprint density at radius 3 is 2.57 bits per heavy atom. The average molecular weight is 298 g/mol. The first-order valence-corrected chi connectivity index (χ1v) is 6.67. The zero-order chi connectivity index (χ0) is 15.7. The Labute approximate surface area is 124 Å². The maximum absolute atomic E-state index is 11.5. The molecule has 6 heteroatoms. The summed E-state index contributed by atoms with van der Waals surface area (Å²) in [5.41, 5.74) is 0.874. The van der Waals surface area contributed by atoms with Crippen LogP contribution in [0.15, 0.2) is 18.2 Å². The van der Waals surface area contributed by atoms with Crippen molar-refractivity contribution in [2.75, 3.05) is 34.5 Å². The minimum atomic E-state index is -0.652. The quantitative estimate of drug-likeness (QED) is 0.545. The van der Waals surface area contributed by atoms with Gasteiger partial charge in [-0.1, -0.05) is 6.07 Å². The van der Waals surface area contributed by atoms with Crippen molar-refractivity contribution in [3.8, 4) is 11.5 Å². The molecule has 0 radical (unpaired) electrons. The summed E-state index contributed by atoms with van der Waals surface area (Å²) in [7, 11) is 4.34. The Morgan fingerprint density at radius 2 is 2.00 bits per heavy atom. The predicted molar refractivity (Wildman–Crippen MR) is 76.7 cm³/mol. The molecule has 0 aliphatic rings. The number of methoxy groups -OCH3 is 3. The lowest BCUT2D eigenvalue weighted by Gasteiger charge is -2.15. The van der Waals surface area contributed by atoms with E-state index in [0.717, 1.165) is 5.56 Å². The molecule has 0 aromatic heterocycles. The molecule has 1 aromatic carbocycles. The molecule has 1 unspecified atom stereocenters. The van der Waals surface area contributed by atoms with Crippen molar-refractivity contribution in [1.29, 1.82) is 0 Å². The maximum atomic E-state index is 11.5. The standard InChI is InChI=1S/C15H22O6/c1-18-13-9-11(10-14(19-2)15(17)20-3)5-6-12(13)21-8-4-7-16/h5-6,9,14,16H,4,7-8,10H2,1-3H3. The fourth-order valence-electron chi connectivity index (χ4n) is 1.81. The van der Waals surface area contributed by atoms with Crippen LogP contribution in [0.25, 0.3) is 0 Å². The number of carbonyl (C=O) groups excluding carboxylic acids is 1. The third kappa shape index (κ3) is 5.24. The second-order valence-corrected chi connectivity index (χ2v) is 4.36. The van der Waals surface area contributed by atoms with E-state index in [1.165, 1.54) is 14.2 Å². The predicted octanol–water partition coefficient (Wildman–Crippen LogP) is 1.19. The van der Waals surface area contributed by atoms with Crippen molar-refractivity contribution in [3.05, 3.63) is 23.8 Å². The minimum Gasteiger partial charge on any atom is -0.493 e. The summed E-state index contributed by atoms with van der Waals surface area (Å²) in [5, 5.41) is 8.75. The largest absolute Gasteiger partial charge is 0.493 e. The summed E-state index contributed by atoms with van der Waals surface area (Å²) in [4.78, 5) is 11.5. The highest BCUT2D eigenvalue weighted by atomic mass is 16.6. The number of ether oxygens (including phenoxy) is 4. The third-order valence-corrected chi connectivity index (χ3v) is 2.96. The maximum Gasteiger partial charge on any atom is 0.335 e. The number of hydrogen-bond donors (Lipinski definition) is 1. The lowest BCUT2D eigenvalue weighted by Crippen LogP contribution is -2.26. The summed E-state index contributed by atoms with van der Waals surface area (Å²) < 4.78 is 20.6. The van der Waals surface area contributed by atoms with Gasteiger partial charge in [0.25, 0.3) is 0 Å². The summed E-state index contributed by atoms with van der Waals surface area (Å²) >= 11 is 0. The lowest BCUT2D eigenvalue weighted by atomic mass is 10.1. The number of carbonyl (C=O) groups is 1. The van der Waals surface area contributed by atoms with E-state index < -0.39 is 12.1 Å². The van der Waals surface area contributed by atoms with Crippen LogP contribution in [0.1, 0.15) is 12.0 Å². The van der Waals surface area contributed by atoms with Gasteiger partial charge in [0.15, 0.2) is 17.6 Å². The van der Waals surface area contributed by atoms with E-state index in [2.05, 4.69) is 4.74 Å². The molecule has 1 rings (SSSR count). The number of hydrogen-bond acceptors (Lipinski definition) is 6. The van der Waals surface area contributed by atoms with Gasteiger partial charge in [0.05, 0.1) is 20.8 Å². The molecular weight excluding hydrogens is 276 g/mol. The van der Waals surface area contributed by atoms with Crippen molar-refractivity contribution >= 4 is 5.97 Å². The van der Waals surface area contributed by atoms with Crippen LogP contribution in [-0.2, 0) is 20.7 Å². The molecule has 0 spiro atoms. The zero-order valence-electron chi connectivity index (χ0n) is 12.6. The summed E-state index contributed by atoms with van der Waals surface area (Å²) in [6.07, 6.45) is 0.288. The van der Waals surface area contributed by atoms with E-state index in [0.29, 0.717) is 30.9 Å². The van der Waals surface area contributed by atoms with Crippen LogP contribution in [0.3, 0.4) is 0 Å². The fraction of sp³-hybridized carbons (Fsp3) is 0.533. The molecule has 1 atom stereocenters. The first-order chi connectivity index (χ1) is 10.2. The smallest absolute Gasteiger partial charge is 0.335 e. The van der Waals surface area contributed by atoms with Crippen molar-refractivity contribution in [2.24, 2.45) is 0 Å². The molecule has 0 saturated heterocycles. The number of benzene rings is 1.